The molecule has 3 amide bonds. The zero-order valence-electron chi connectivity index (χ0n) is 10.8. The normalized spacial score (nSPS) is 9.90. The van der Waals surface area contributed by atoms with Crippen molar-refractivity contribution in [3.05, 3.63) is 28.2 Å². The Hall–Kier alpha value is -2.09. The van der Waals surface area contributed by atoms with Crippen LogP contribution in [0.5, 0.6) is 5.75 Å². The molecular weight excluding hydrogens is 330 g/mol. The minimum atomic E-state index is -0.729. The molecule has 7 nitrogen and oxygen atoms in total. The molecule has 0 aliphatic heterocycles. The van der Waals surface area contributed by atoms with Gasteiger partial charge in [0.2, 0.25) is 11.8 Å². The largest absolute Gasteiger partial charge is 0.496 e. The van der Waals surface area contributed by atoms with Crippen molar-refractivity contribution >= 4 is 33.7 Å². The molecule has 0 spiro atoms. The molecular formula is C12H14BrN3O4. The first-order chi connectivity index (χ1) is 9.35. The number of hydrogen-bond acceptors (Lipinski definition) is 4. The number of carbonyl (C=O) groups is 3. The summed E-state index contributed by atoms with van der Waals surface area (Å²) in [5, 5.41) is 0. The van der Waals surface area contributed by atoms with Crippen molar-refractivity contribution in [1.82, 2.24) is 4.90 Å². The van der Waals surface area contributed by atoms with E-state index < -0.39 is 17.7 Å². The second-order valence-corrected chi connectivity index (χ2v) is 4.80. The lowest BCUT2D eigenvalue weighted by atomic mass is 10.2. The van der Waals surface area contributed by atoms with Crippen LogP contribution < -0.4 is 16.2 Å². The summed E-state index contributed by atoms with van der Waals surface area (Å²) < 4.78 is 5.62. The van der Waals surface area contributed by atoms with Crippen molar-refractivity contribution in [2.75, 3.05) is 20.2 Å². The summed E-state index contributed by atoms with van der Waals surface area (Å²) in [5.41, 5.74) is 10.4. The van der Waals surface area contributed by atoms with Crippen LogP contribution >= 0.6 is 15.9 Å². The Balaban J connectivity index is 3.01. The molecule has 0 aliphatic carbocycles. The molecule has 0 aromatic heterocycles. The second kappa shape index (κ2) is 6.90. The maximum Gasteiger partial charge on any atom is 0.254 e. The Morgan fingerprint density at radius 1 is 1.20 bits per heavy atom. The Morgan fingerprint density at radius 3 is 2.15 bits per heavy atom. The lowest BCUT2D eigenvalue weighted by molar-refractivity contribution is -0.121. The standard InChI is InChI=1S/C12H14BrN3O4/c1-20-9-3-2-7(4-8(9)13)12(19)16(5-10(14)17)6-11(15)18/h2-4H,5-6H2,1H3,(H2,14,17)(H2,15,18). The molecule has 0 saturated carbocycles. The fraction of sp³-hybridized carbons (Fsp3) is 0.250. The van der Waals surface area contributed by atoms with E-state index in [1.54, 1.807) is 6.07 Å². The van der Waals surface area contributed by atoms with Crippen molar-refractivity contribution < 1.29 is 19.1 Å². The highest BCUT2D eigenvalue weighted by molar-refractivity contribution is 9.10. The van der Waals surface area contributed by atoms with E-state index in [1.807, 2.05) is 0 Å². The molecule has 0 atom stereocenters. The summed E-state index contributed by atoms with van der Waals surface area (Å²) in [5.74, 6) is -1.43. The van der Waals surface area contributed by atoms with Gasteiger partial charge in [-0.15, -0.1) is 0 Å². The number of carbonyl (C=O) groups excluding carboxylic acids is 3. The molecule has 0 saturated heterocycles. The summed E-state index contributed by atoms with van der Waals surface area (Å²) in [6, 6.07) is 4.63. The lowest BCUT2D eigenvalue weighted by Gasteiger charge is -2.19. The second-order valence-electron chi connectivity index (χ2n) is 3.94. The van der Waals surface area contributed by atoms with Gasteiger partial charge in [0.15, 0.2) is 0 Å². The minimum Gasteiger partial charge on any atom is -0.496 e. The van der Waals surface area contributed by atoms with E-state index >= 15 is 0 Å². The first-order valence-corrected chi connectivity index (χ1v) is 6.34. The van der Waals surface area contributed by atoms with Gasteiger partial charge < -0.3 is 21.1 Å². The quantitative estimate of drug-likeness (QED) is 0.748. The van der Waals surface area contributed by atoms with Crippen molar-refractivity contribution in [2.24, 2.45) is 11.5 Å². The van der Waals surface area contributed by atoms with Gasteiger partial charge in [0, 0.05) is 5.56 Å². The number of primary amides is 2. The monoisotopic (exact) mass is 343 g/mol. The predicted octanol–water partition coefficient (Wildman–Crippen LogP) is -0.129. The van der Waals surface area contributed by atoms with Gasteiger partial charge in [-0.1, -0.05) is 0 Å². The average molecular weight is 344 g/mol. The highest BCUT2D eigenvalue weighted by Crippen LogP contribution is 2.26. The number of hydrogen-bond donors (Lipinski definition) is 2. The Morgan fingerprint density at radius 2 is 1.75 bits per heavy atom. The lowest BCUT2D eigenvalue weighted by Crippen LogP contribution is -2.43. The first-order valence-electron chi connectivity index (χ1n) is 5.54. The summed E-state index contributed by atoms with van der Waals surface area (Å²) in [4.78, 5) is 35.1. The fourth-order valence-corrected chi connectivity index (χ4v) is 2.10. The zero-order valence-corrected chi connectivity index (χ0v) is 12.3. The third-order valence-corrected chi connectivity index (χ3v) is 3.00. The Bertz CT molecular complexity index is 532. The van der Waals surface area contributed by atoms with E-state index in [-0.39, 0.29) is 18.7 Å². The highest BCUT2D eigenvalue weighted by Gasteiger charge is 2.20. The molecule has 4 N–H and O–H groups in total. The number of amides is 3. The highest BCUT2D eigenvalue weighted by atomic mass is 79.9. The van der Waals surface area contributed by atoms with Crippen LogP contribution in [-0.2, 0) is 9.59 Å². The smallest absolute Gasteiger partial charge is 0.254 e. The van der Waals surface area contributed by atoms with E-state index in [1.165, 1.54) is 19.2 Å². The molecule has 0 fully saturated rings. The van der Waals surface area contributed by atoms with Gasteiger partial charge in [-0.25, -0.2) is 0 Å². The van der Waals surface area contributed by atoms with Crippen molar-refractivity contribution in [3.8, 4) is 5.75 Å². The topological polar surface area (TPSA) is 116 Å². The fourth-order valence-electron chi connectivity index (χ4n) is 1.56. The predicted molar refractivity (Wildman–Crippen MR) is 75.0 cm³/mol. The molecule has 0 heterocycles. The summed E-state index contributed by atoms with van der Waals surface area (Å²) >= 11 is 3.25. The van der Waals surface area contributed by atoms with Crippen LogP contribution in [0.1, 0.15) is 10.4 Å². The molecule has 1 aromatic carbocycles. The molecule has 8 heteroatoms. The summed E-state index contributed by atoms with van der Waals surface area (Å²) in [6.07, 6.45) is 0. The van der Waals surface area contributed by atoms with Gasteiger partial charge in [-0.2, -0.15) is 0 Å². The third-order valence-electron chi connectivity index (χ3n) is 2.38. The zero-order chi connectivity index (χ0) is 15.3. The SMILES string of the molecule is COc1ccc(C(=O)N(CC(N)=O)CC(N)=O)cc1Br. The molecule has 0 radical (unpaired) electrons. The molecule has 20 heavy (non-hydrogen) atoms. The summed E-state index contributed by atoms with van der Waals surface area (Å²) in [7, 11) is 1.49. The van der Waals surface area contributed by atoms with Crippen LogP contribution in [0.2, 0.25) is 0 Å². The van der Waals surface area contributed by atoms with Crippen molar-refractivity contribution in [3.63, 3.8) is 0 Å². The van der Waals surface area contributed by atoms with E-state index in [0.29, 0.717) is 10.2 Å². The van der Waals surface area contributed by atoms with Crippen LogP contribution in [-0.4, -0.2) is 42.8 Å². The minimum absolute atomic E-state index is 0.278. The van der Waals surface area contributed by atoms with Gasteiger partial charge in [0.05, 0.1) is 11.6 Å². The average Bonchev–Trinajstić information content (AvgIpc) is 2.35. The maximum absolute atomic E-state index is 12.2. The molecule has 0 bridgehead atoms. The number of nitrogens with zero attached hydrogens (tertiary/aromatic N) is 1. The van der Waals surface area contributed by atoms with Crippen LogP contribution in [0, 0.1) is 0 Å². The van der Waals surface area contributed by atoms with Gasteiger partial charge >= 0.3 is 0 Å². The number of ether oxygens (including phenoxy) is 1. The van der Waals surface area contributed by atoms with Crippen molar-refractivity contribution in [1.29, 1.82) is 0 Å². The van der Waals surface area contributed by atoms with Gasteiger partial charge in [-0.3, -0.25) is 14.4 Å². The third kappa shape index (κ3) is 4.23. The van der Waals surface area contributed by atoms with Crippen molar-refractivity contribution in [2.45, 2.75) is 0 Å². The van der Waals surface area contributed by atoms with Crippen LogP contribution in [0.4, 0.5) is 0 Å². The van der Waals surface area contributed by atoms with Crippen LogP contribution in [0.3, 0.4) is 0 Å². The van der Waals surface area contributed by atoms with E-state index in [9.17, 15) is 14.4 Å². The molecule has 108 valence electrons. The number of nitrogens with two attached hydrogens (primary N) is 2. The number of halogens is 1. The number of rotatable bonds is 6. The van der Waals surface area contributed by atoms with E-state index in [0.717, 1.165) is 4.90 Å². The molecule has 1 rings (SSSR count). The van der Waals surface area contributed by atoms with Gasteiger partial charge in [0.25, 0.3) is 5.91 Å². The van der Waals surface area contributed by atoms with Crippen LogP contribution in [0.25, 0.3) is 0 Å². The molecule has 1 aromatic rings. The Kier molecular flexibility index (Phi) is 5.51. The first kappa shape index (κ1) is 16.0. The van der Waals surface area contributed by atoms with E-state index in [2.05, 4.69) is 15.9 Å². The van der Waals surface area contributed by atoms with Crippen LogP contribution in [0.15, 0.2) is 22.7 Å². The maximum atomic E-state index is 12.2. The molecule has 0 unspecified atom stereocenters. The number of benzene rings is 1. The Labute approximate surface area is 124 Å². The molecule has 0 aliphatic rings. The summed E-state index contributed by atoms with van der Waals surface area (Å²) in [6.45, 7) is -0.767. The number of methoxy groups -OCH3 is 1. The van der Waals surface area contributed by atoms with Gasteiger partial charge in [0.1, 0.15) is 18.8 Å². The van der Waals surface area contributed by atoms with E-state index in [4.69, 9.17) is 16.2 Å². The van der Waals surface area contributed by atoms with Gasteiger partial charge in [-0.05, 0) is 34.1 Å².